The van der Waals surface area contributed by atoms with E-state index in [1.54, 1.807) is 7.11 Å². The number of carbonyl (C=O) groups is 1. The fourth-order valence-electron chi connectivity index (χ4n) is 3.55. The summed E-state index contributed by atoms with van der Waals surface area (Å²) in [5.41, 5.74) is -1.25. The molecule has 0 radical (unpaired) electrons. The molecule has 3 rings (SSSR count). The predicted molar refractivity (Wildman–Crippen MR) is 77.3 cm³/mol. The van der Waals surface area contributed by atoms with E-state index in [-0.39, 0.29) is 23.4 Å². The van der Waals surface area contributed by atoms with Gasteiger partial charge in [0.2, 0.25) is 0 Å². The number of hydrogen-bond acceptors (Lipinski definition) is 6. The molecule has 0 amide bonds. The fraction of sp³-hybridized carbons (Fsp3) is 0.938. The molecule has 2 aliphatic heterocycles. The highest BCUT2D eigenvalue weighted by molar-refractivity contribution is 5.95. The minimum atomic E-state index is -0.996. The second-order valence-corrected chi connectivity index (χ2v) is 7.78. The highest BCUT2D eigenvalue weighted by Gasteiger charge is 2.73. The SMILES string of the molecule is COC1O[C@]2(C(=O)CC2COC(C)(C)C)C2OC(C)(C)OC12. The molecule has 3 fully saturated rings. The lowest BCUT2D eigenvalue weighted by Gasteiger charge is -2.47. The van der Waals surface area contributed by atoms with Crippen LogP contribution in [0.25, 0.3) is 0 Å². The number of carbonyl (C=O) groups excluding carboxylic acids is 1. The summed E-state index contributed by atoms with van der Waals surface area (Å²) in [6, 6.07) is 0. The molecule has 22 heavy (non-hydrogen) atoms. The van der Waals surface area contributed by atoms with E-state index in [1.807, 2.05) is 34.6 Å². The van der Waals surface area contributed by atoms with Crippen molar-refractivity contribution in [1.29, 1.82) is 0 Å². The lowest BCUT2D eigenvalue weighted by Crippen LogP contribution is -2.65. The molecule has 0 aromatic heterocycles. The van der Waals surface area contributed by atoms with Gasteiger partial charge in [0.15, 0.2) is 23.5 Å². The van der Waals surface area contributed by atoms with E-state index in [0.29, 0.717) is 13.0 Å². The van der Waals surface area contributed by atoms with E-state index in [1.165, 1.54) is 0 Å². The van der Waals surface area contributed by atoms with Gasteiger partial charge >= 0.3 is 0 Å². The van der Waals surface area contributed by atoms with Crippen molar-refractivity contribution >= 4 is 5.78 Å². The summed E-state index contributed by atoms with van der Waals surface area (Å²) < 4.78 is 29.1. The van der Waals surface area contributed by atoms with Crippen molar-refractivity contribution in [3.63, 3.8) is 0 Å². The number of fused-ring (bicyclic) bond motifs is 2. The van der Waals surface area contributed by atoms with Crippen molar-refractivity contribution in [3.8, 4) is 0 Å². The third-order valence-corrected chi connectivity index (χ3v) is 4.56. The second-order valence-electron chi connectivity index (χ2n) is 7.78. The normalized spacial score (nSPS) is 43.5. The Labute approximate surface area is 131 Å². The van der Waals surface area contributed by atoms with Gasteiger partial charge in [-0.25, -0.2) is 0 Å². The van der Waals surface area contributed by atoms with Gasteiger partial charge in [-0.15, -0.1) is 0 Å². The topological polar surface area (TPSA) is 63.2 Å². The summed E-state index contributed by atoms with van der Waals surface area (Å²) in [6.45, 7) is 10.1. The van der Waals surface area contributed by atoms with E-state index in [9.17, 15) is 4.79 Å². The Morgan fingerprint density at radius 3 is 2.45 bits per heavy atom. The molecule has 0 aromatic carbocycles. The van der Waals surface area contributed by atoms with Gasteiger partial charge in [-0.05, 0) is 34.6 Å². The van der Waals surface area contributed by atoms with Crippen LogP contribution in [0.3, 0.4) is 0 Å². The molecular weight excluding hydrogens is 288 g/mol. The van der Waals surface area contributed by atoms with Crippen molar-refractivity contribution in [1.82, 2.24) is 0 Å². The molecule has 5 atom stereocenters. The van der Waals surface area contributed by atoms with Crippen molar-refractivity contribution in [2.45, 2.75) is 76.5 Å². The van der Waals surface area contributed by atoms with Crippen LogP contribution in [-0.2, 0) is 28.5 Å². The summed E-state index contributed by atoms with van der Waals surface area (Å²) >= 11 is 0. The lowest BCUT2D eigenvalue weighted by molar-refractivity contribution is -0.270. The summed E-state index contributed by atoms with van der Waals surface area (Å²) in [5.74, 6) is -0.732. The smallest absolute Gasteiger partial charge is 0.187 e. The molecule has 6 heteroatoms. The molecule has 4 unspecified atom stereocenters. The molecule has 6 nitrogen and oxygen atoms in total. The molecule has 2 saturated heterocycles. The van der Waals surface area contributed by atoms with Gasteiger partial charge in [-0.2, -0.15) is 0 Å². The lowest BCUT2D eigenvalue weighted by atomic mass is 9.65. The number of rotatable bonds is 3. The maximum atomic E-state index is 12.4. The zero-order valence-electron chi connectivity index (χ0n) is 14.2. The number of hydrogen-bond donors (Lipinski definition) is 0. The van der Waals surface area contributed by atoms with E-state index in [2.05, 4.69) is 0 Å². The summed E-state index contributed by atoms with van der Waals surface area (Å²) in [5, 5.41) is 0. The Hall–Kier alpha value is -0.530. The predicted octanol–water partition coefficient (Wildman–Crippen LogP) is 1.65. The number of ketones is 1. The van der Waals surface area contributed by atoms with E-state index in [0.717, 1.165) is 0 Å². The molecular formula is C16H26O6. The number of methoxy groups -OCH3 is 1. The van der Waals surface area contributed by atoms with Gasteiger partial charge in [0.05, 0.1) is 12.2 Å². The van der Waals surface area contributed by atoms with Crippen molar-refractivity contribution in [2.75, 3.05) is 13.7 Å². The molecule has 0 N–H and O–H groups in total. The molecule has 3 aliphatic rings. The van der Waals surface area contributed by atoms with Crippen LogP contribution in [0.1, 0.15) is 41.0 Å². The highest BCUT2D eigenvalue weighted by Crippen LogP contribution is 2.54. The molecule has 1 aliphatic carbocycles. The van der Waals surface area contributed by atoms with Gasteiger partial charge in [-0.3, -0.25) is 4.79 Å². The molecule has 1 spiro atoms. The Bertz CT molecular complexity index is 468. The average Bonchev–Trinajstić information content (AvgIpc) is 2.85. The van der Waals surface area contributed by atoms with Crippen LogP contribution in [0.2, 0.25) is 0 Å². The van der Waals surface area contributed by atoms with Crippen molar-refractivity contribution in [2.24, 2.45) is 5.92 Å². The maximum absolute atomic E-state index is 12.4. The first-order chi connectivity index (χ1) is 10.1. The molecule has 2 heterocycles. The summed E-state index contributed by atoms with van der Waals surface area (Å²) in [6.07, 6.45) is -0.976. The van der Waals surface area contributed by atoms with Gasteiger partial charge in [-0.1, -0.05) is 0 Å². The van der Waals surface area contributed by atoms with E-state index in [4.69, 9.17) is 23.7 Å². The minimum Gasteiger partial charge on any atom is -0.375 e. The first-order valence-corrected chi connectivity index (χ1v) is 7.82. The van der Waals surface area contributed by atoms with E-state index < -0.39 is 23.8 Å². The number of Topliss-reactive ketones (excluding diaryl/α,β-unsaturated/α-hetero) is 1. The first-order valence-electron chi connectivity index (χ1n) is 7.82. The third-order valence-electron chi connectivity index (χ3n) is 4.56. The zero-order chi connectivity index (χ0) is 16.3. The second kappa shape index (κ2) is 4.98. The Balaban J connectivity index is 1.82. The highest BCUT2D eigenvalue weighted by atomic mass is 16.8. The minimum absolute atomic E-state index is 0.0376. The van der Waals surface area contributed by atoms with Crippen LogP contribution < -0.4 is 0 Å². The van der Waals surface area contributed by atoms with Crippen LogP contribution in [0.5, 0.6) is 0 Å². The van der Waals surface area contributed by atoms with Crippen LogP contribution in [0.15, 0.2) is 0 Å². The fourth-order valence-corrected chi connectivity index (χ4v) is 3.55. The van der Waals surface area contributed by atoms with Crippen LogP contribution >= 0.6 is 0 Å². The average molecular weight is 314 g/mol. The van der Waals surface area contributed by atoms with Gasteiger partial charge < -0.3 is 23.7 Å². The van der Waals surface area contributed by atoms with Gasteiger partial charge in [0.1, 0.15) is 12.2 Å². The van der Waals surface area contributed by atoms with Crippen LogP contribution in [-0.4, -0.2) is 55.0 Å². The van der Waals surface area contributed by atoms with Crippen molar-refractivity contribution in [3.05, 3.63) is 0 Å². The first kappa shape index (κ1) is 16.3. The molecule has 126 valence electrons. The summed E-state index contributed by atoms with van der Waals surface area (Å²) in [4.78, 5) is 12.4. The molecule has 0 bridgehead atoms. The standard InChI is InChI=1S/C16H26O6/c1-14(2,3)19-8-9-7-10(17)16(9)12-11(13(18-6)22-16)20-15(4,5)21-12/h9,11-13H,7-8H2,1-6H3/t9?,11?,12?,13?,16-/m1/s1. The Morgan fingerprint density at radius 1 is 1.23 bits per heavy atom. The van der Waals surface area contributed by atoms with Crippen LogP contribution in [0, 0.1) is 5.92 Å². The quantitative estimate of drug-likeness (QED) is 0.789. The Kier molecular flexibility index (Phi) is 3.70. The molecule has 0 aromatic rings. The monoisotopic (exact) mass is 314 g/mol. The van der Waals surface area contributed by atoms with Crippen molar-refractivity contribution < 1.29 is 28.5 Å². The summed E-state index contributed by atoms with van der Waals surface area (Å²) in [7, 11) is 1.55. The Morgan fingerprint density at radius 2 is 1.91 bits per heavy atom. The largest absolute Gasteiger partial charge is 0.375 e. The zero-order valence-corrected chi connectivity index (χ0v) is 14.2. The number of ether oxygens (including phenoxy) is 5. The van der Waals surface area contributed by atoms with Crippen LogP contribution in [0.4, 0.5) is 0 Å². The molecule has 1 saturated carbocycles. The van der Waals surface area contributed by atoms with Gasteiger partial charge in [0, 0.05) is 19.4 Å². The maximum Gasteiger partial charge on any atom is 0.187 e. The third kappa shape index (κ3) is 2.41. The van der Waals surface area contributed by atoms with Gasteiger partial charge in [0.25, 0.3) is 0 Å². The van der Waals surface area contributed by atoms with E-state index >= 15 is 0 Å².